The van der Waals surface area contributed by atoms with Crippen molar-refractivity contribution in [1.82, 2.24) is 4.90 Å². The molecule has 2 nitrogen and oxygen atoms in total. The topological polar surface area (TPSA) is 20.3 Å². The number of amides is 1. The van der Waals surface area contributed by atoms with Gasteiger partial charge in [-0.3, -0.25) is 4.79 Å². The lowest BCUT2D eigenvalue weighted by Gasteiger charge is -2.18. The van der Waals surface area contributed by atoms with Crippen molar-refractivity contribution in [3.05, 3.63) is 48.0 Å². The summed E-state index contributed by atoms with van der Waals surface area (Å²) in [6.45, 7) is 0.667. The van der Waals surface area contributed by atoms with Crippen LogP contribution in [0.4, 0.5) is 0 Å². The van der Waals surface area contributed by atoms with Crippen molar-refractivity contribution in [1.29, 1.82) is 0 Å². The molecule has 0 saturated carbocycles. The van der Waals surface area contributed by atoms with E-state index in [4.69, 9.17) is 0 Å². The summed E-state index contributed by atoms with van der Waals surface area (Å²) >= 11 is 1.56. The lowest BCUT2D eigenvalue weighted by Crippen LogP contribution is -2.27. The average molecular weight is 259 g/mol. The van der Waals surface area contributed by atoms with Gasteiger partial charge in [-0.25, -0.2) is 0 Å². The first-order chi connectivity index (χ1) is 8.72. The molecule has 0 spiro atoms. The van der Waals surface area contributed by atoms with E-state index in [0.717, 1.165) is 0 Å². The molecule has 0 aliphatic rings. The van der Waals surface area contributed by atoms with E-state index in [0.29, 0.717) is 12.3 Å². The first kappa shape index (κ1) is 13.0. The molecule has 0 aliphatic heterocycles. The smallest absolute Gasteiger partial charge is 0.232 e. The van der Waals surface area contributed by atoms with Gasteiger partial charge in [0.1, 0.15) is 0 Å². The second-order valence-electron chi connectivity index (χ2n) is 4.32. The van der Waals surface area contributed by atoms with Gasteiger partial charge in [0.15, 0.2) is 0 Å². The molecule has 0 fully saturated rings. The first-order valence-corrected chi connectivity index (χ1v) is 7.31. The van der Waals surface area contributed by atoms with E-state index in [1.165, 1.54) is 16.3 Å². The summed E-state index contributed by atoms with van der Waals surface area (Å²) in [4.78, 5) is 13.6. The molecule has 0 bridgehead atoms. The summed E-state index contributed by atoms with van der Waals surface area (Å²) in [5.74, 6) is 0.719. The van der Waals surface area contributed by atoms with Crippen LogP contribution in [0, 0.1) is 0 Å². The third kappa shape index (κ3) is 2.85. The number of rotatable bonds is 4. The van der Waals surface area contributed by atoms with Crippen molar-refractivity contribution >= 4 is 28.4 Å². The van der Waals surface area contributed by atoms with Gasteiger partial charge in [-0.1, -0.05) is 42.5 Å². The Bertz CT molecular complexity index is 548. The van der Waals surface area contributed by atoms with Crippen LogP contribution in [0.25, 0.3) is 10.8 Å². The minimum absolute atomic E-state index is 0.176. The molecule has 0 aliphatic carbocycles. The Morgan fingerprint density at radius 1 is 1.17 bits per heavy atom. The third-order valence-electron chi connectivity index (χ3n) is 2.98. The van der Waals surface area contributed by atoms with E-state index in [9.17, 15) is 4.79 Å². The number of hydrogen-bond acceptors (Lipinski definition) is 2. The highest BCUT2D eigenvalue weighted by atomic mass is 32.2. The van der Waals surface area contributed by atoms with Crippen LogP contribution in [0.2, 0.25) is 0 Å². The van der Waals surface area contributed by atoms with E-state index >= 15 is 0 Å². The van der Waals surface area contributed by atoms with Crippen molar-refractivity contribution < 1.29 is 4.79 Å². The Morgan fingerprint density at radius 2 is 1.89 bits per heavy atom. The maximum atomic E-state index is 11.8. The van der Waals surface area contributed by atoms with E-state index in [1.807, 2.05) is 31.5 Å². The second-order valence-corrected chi connectivity index (χ2v) is 5.19. The normalized spacial score (nSPS) is 10.6. The number of carbonyl (C=O) groups excluding carboxylic acids is 1. The third-order valence-corrected chi connectivity index (χ3v) is 3.52. The predicted molar refractivity (Wildman–Crippen MR) is 78.8 cm³/mol. The van der Waals surface area contributed by atoms with Crippen LogP contribution >= 0.6 is 11.8 Å². The fraction of sp³-hybridized carbons (Fsp3) is 0.267. The second kappa shape index (κ2) is 5.91. The van der Waals surface area contributed by atoms with E-state index in [-0.39, 0.29) is 5.91 Å². The van der Waals surface area contributed by atoms with Gasteiger partial charge in [0.05, 0.1) is 5.75 Å². The Kier molecular flexibility index (Phi) is 4.26. The maximum Gasteiger partial charge on any atom is 0.232 e. The highest BCUT2D eigenvalue weighted by molar-refractivity contribution is 7.99. The maximum absolute atomic E-state index is 11.8. The van der Waals surface area contributed by atoms with Crippen molar-refractivity contribution in [3.63, 3.8) is 0 Å². The number of hydrogen-bond donors (Lipinski definition) is 0. The summed E-state index contributed by atoms with van der Waals surface area (Å²) in [7, 11) is 1.86. The van der Waals surface area contributed by atoms with Crippen molar-refractivity contribution in [2.75, 3.05) is 19.1 Å². The van der Waals surface area contributed by atoms with Gasteiger partial charge in [-0.2, -0.15) is 11.8 Å². The van der Waals surface area contributed by atoms with Crippen LogP contribution in [-0.4, -0.2) is 29.9 Å². The Labute approximate surface area is 112 Å². The van der Waals surface area contributed by atoms with E-state index < -0.39 is 0 Å². The fourth-order valence-corrected chi connectivity index (χ4v) is 2.48. The van der Waals surface area contributed by atoms with Gasteiger partial charge in [0.2, 0.25) is 5.91 Å². The van der Waals surface area contributed by atoms with E-state index in [2.05, 4.69) is 24.3 Å². The molecule has 94 valence electrons. The lowest BCUT2D eigenvalue weighted by atomic mass is 10.0. The molecular formula is C15H17NOS. The molecule has 0 N–H and O–H groups in total. The summed E-state index contributed by atoms with van der Waals surface area (Å²) in [6, 6.07) is 14.5. The summed E-state index contributed by atoms with van der Waals surface area (Å²) in [6.07, 6.45) is 1.95. The van der Waals surface area contributed by atoms with Gasteiger partial charge in [-0.05, 0) is 22.6 Å². The van der Waals surface area contributed by atoms with Crippen LogP contribution in [0.15, 0.2) is 42.5 Å². The molecule has 0 aromatic heterocycles. The Morgan fingerprint density at radius 3 is 2.67 bits per heavy atom. The molecular weight excluding hydrogens is 242 g/mol. The molecule has 2 aromatic carbocycles. The quantitative estimate of drug-likeness (QED) is 0.840. The summed E-state index contributed by atoms with van der Waals surface area (Å²) in [5.41, 5.74) is 1.20. The molecule has 0 heterocycles. The lowest BCUT2D eigenvalue weighted by molar-refractivity contribution is -0.127. The molecule has 0 saturated heterocycles. The highest BCUT2D eigenvalue weighted by Crippen LogP contribution is 2.19. The Balaban J connectivity index is 2.24. The Hall–Kier alpha value is -1.48. The molecule has 2 rings (SSSR count). The number of thioether (sulfide) groups is 1. The zero-order valence-corrected chi connectivity index (χ0v) is 11.5. The highest BCUT2D eigenvalue weighted by Gasteiger charge is 2.09. The predicted octanol–water partition coefficient (Wildman–Crippen LogP) is 3.16. The van der Waals surface area contributed by atoms with Crippen LogP contribution in [0.3, 0.4) is 0 Å². The van der Waals surface area contributed by atoms with Crippen molar-refractivity contribution in [2.45, 2.75) is 6.54 Å². The molecule has 18 heavy (non-hydrogen) atoms. The largest absolute Gasteiger partial charge is 0.341 e. The SMILES string of the molecule is CSCC(=O)N(C)Cc1cccc2ccccc12. The average Bonchev–Trinajstić information content (AvgIpc) is 2.39. The standard InChI is InChI=1S/C15H17NOS/c1-16(15(17)11-18-2)10-13-8-5-7-12-6-3-4-9-14(12)13/h3-9H,10-11H2,1-2H3. The molecule has 2 aromatic rings. The summed E-state index contributed by atoms with van der Waals surface area (Å²) in [5, 5.41) is 2.45. The van der Waals surface area contributed by atoms with Crippen molar-refractivity contribution in [2.24, 2.45) is 0 Å². The molecule has 1 amide bonds. The molecule has 0 atom stereocenters. The van der Waals surface area contributed by atoms with Gasteiger partial charge in [0, 0.05) is 13.6 Å². The van der Waals surface area contributed by atoms with E-state index in [1.54, 1.807) is 16.7 Å². The number of benzene rings is 2. The zero-order chi connectivity index (χ0) is 13.0. The summed E-state index contributed by atoms with van der Waals surface area (Å²) < 4.78 is 0. The van der Waals surface area contributed by atoms with Gasteiger partial charge in [0.25, 0.3) is 0 Å². The monoisotopic (exact) mass is 259 g/mol. The fourth-order valence-electron chi connectivity index (χ4n) is 2.01. The van der Waals surface area contributed by atoms with Gasteiger partial charge < -0.3 is 4.90 Å². The van der Waals surface area contributed by atoms with Crippen LogP contribution < -0.4 is 0 Å². The zero-order valence-electron chi connectivity index (χ0n) is 10.7. The molecule has 0 radical (unpaired) electrons. The molecule has 0 unspecified atom stereocenters. The van der Waals surface area contributed by atoms with Gasteiger partial charge >= 0.3 is 0 Å². The minimum Gasteiger partial charge on any atom is -0.341 e. The van der Waals surface area contributed by atoms with Crippen LogP contribution in [0.5, 0.6) is 0 Å². The number of fused-ring (bicyclic) bond motifs is 1. The van der Waals surface area contributed by atoms with Crippen LogP contribution in [0.1, 0.15) is 5.56 Å². The number of carbonyl (C=O) groups is 1. The number of nitrogens with zero attached hydrogens (tertiary/aromatic N) is 1. The molecule has 3 heteroatoms. The first-order valence-electron chi connectivity index (χ1n) is 5.92. The minimum atomic E-state index is 0.176. The van der Waals surface area contributed by atoms with Crippen LogP contribution in [-0.2, 0) is 11.3 Å². The van der Waals surface area contributed by atoms with Gasteiger partial charge in [-0.15, -0.1) is 0 Å². The van der Waals surface area contributed by atoms with Crippen molar-refractivity contribution in [3.8, 4) is 0 Å².